The summed E-state index contributed by atoms with van der Waals surface area (Å²) in [7, 11) is 3.35. The summed E-state index contributed by atoms with van der Waals surface area (Å²) in [4.78, 5) is 27.0. The van der Waals surface area contributed by atoms with Crippen LogP contribution in [0.4, 0.5) is 0 Å². The van der Waals surface area contributed by atoms with E-state index in [-0.39, 0.29) is 11.8 Å². The van der Waals surface area contributed by atoms with E-state index in [9.17, 15) is 9.59 Å². The molecule has 0 aliphatic carbocycles. The predicted molar refractivity (Wildman–Crippen MR) is 113 cm³/mol. The molecule has 5 heteroatoms. The van der Waals surface area contributed by atoms with E-state index in [2.05, 4.69) is 5.32 Å². The molecule has 0 atom stereocenters. The van der Waals surface area contributed by atoms with Crippen LogP contribution in [0.25, 0.3) is 0 Å². The van der Waals surface area contributed by atoms with Crippen molar-refractivity contribution in [2.45, 2.75) is 13.1 Å². The summed E-state index contributed by atoms with van der Waals surface area (Å²) in [5.74, 6) is 0.351. The zero-order valence-electron chi connectivity index (χ0n) is 16.6. The van der Waals surface area contributed by atoms with Crippen LogP contribution in [0.5, 0.6) is 5.75 Å². The van der Waals surface area contributed by atoms with Gasteiger partial charge in [-0.3, -0.25) is 9.59 Å². The number of rotatable bonds is 7. The summed E-state index contributed by atoms with van der Waals surface area (Å²) >= 11 is 0. The summed E-state index contributed by atoms with van der Waals surface area (Å²) in [5, 5.41) is 2.88. The second kappa shape index (κ2) is 9.55. The minimum atomic E-state index is -0.240. The van der Waals surface area contributed by atoms with Gasteiger partial charge in [-0.1, -0.05) is 54.6 Å². The molecule has 0 aromatic heterocycles. The van der Waals surface area contributed by atoms with Crippen LogP contribution in [0.15, 0.2) is 78.9 Å². The van der Waals surface area contributed by atoms with Crippen LogP contribution in [0.1, 0.15) is 31.8 Å². The molecule has 3 aromatic rings. The van der Waals surface area contributed by atoms with E-state index in [1.807, 2.05) is 54.6 Å². The maximum Gasteiger partial charge on any atom is 0.253 e. The molecule has 0 heterocycles. The SMILES string of the molecule is COc1ccccc1CNC(=O)c1cccc(C(=O)N(C)Cc2ccccc2)c1. The third-order valence-electron chi connectivity index (χ3n) is 4.61. The lowest BCUT2D eigenvalue weighted by atomic mass is 10.1. The summed E-state index contributed by atoms with van der Waals surface area (Å²) in [5.41, 5.74) is 2.86. The minimum Gasteiger partial charge on any atom is -0.496 e. The van der Waals surface area contributed by atoms with Gasteiger partial charge in [0.1, 0.15) is 5.75 Å². The van der Waals surface area contributed by atoms with Crippen molar-refractivity contribution >= 4 is 11.8 Å². The molecule has 0 fully saturated rings. The zero-order valence-corrected chi connectivity index (χ0v) is 16.6. The highest BCUT2D eigenvalue weighted by molar-refractivity contribution is 5.99. The van der Waals surface area contributed by atoms with Crippen LogP contribution < -0.4 is 10.1 Å². The topological polar surface area (TPSA) is 58.6 Å². The number of nitrogens with zero attached hydrogens (tertiary/aromatic N) is 1. The molecule has 0 bridgehead atoms. The molecule has 0 radical (unpaired) electrons. The first kappa shape index (κ1) is 20.1. The average molecular weight is 388 g/mol. The van der Waals surface area contributed by atoms with Crippen LogP contribution >= 0.6 is 0 Å². The molecular formula is C24H24N2O3. The van der Waals surface area contributed by atoms with Gasteiger partial charge in [-0.2, -0.15) is 0 Å². The summed E-state index contributed by atoms with van der Waals surface area (Å²) in [6.45, 7) is 0.846. The Bertz CT molecular complexity index is 986. The van der Waals surface area contributed by atoms with Crippen molar-refractivity contribution in [3.63, 3.8) is 0 Å². The number of carbonyl (C=O) groups excluding carboxylic acids is 2. The monoisotopic (exact) mass is 388 g/mol. The van der Waals surface area contributed by atoms with E-state index in [0.29, 0.717) is 24.2 Å². The number of carbonyl (C=O) groups is 2. The largest absolute Gasteiger partial charge is 0.496 e. The van der Waals surface area contributed by atoms with Gasteiger partial charge in [0, 0.05) is 36.8 Å². The maximum atomic E-state index is 12.8. The first-order chi connectivity index (χ1) is 14.1. The fourth-order valence-electron chi connectivity index (χ4n) is 3.07. The molecule has 5 nitrogen and oxygen atoms in total. The van der Waals surface area contributed by atoms with Gasteiger partial charge in [0.25, 0.3) is 11.8 Å². The van der Waals surface area contributed by atoms with Gasteiger partial charge in [-0.15, -0.1) is 0 Å². The molecule has 0 saturated carbocycles. The van der Waals surface area contributed by atoms with Crippen molar-refractivity contribution in [1.82, 2.24) is 10.2 Å². The molecular weight excluding hydrogens is 364 g/mol. The molecule has 148 valence electrons. The first-order valence-electron chi connectivity index (χ1n) is 9.38. The lowest BCUT2D eigenvalue weighted by Gasteiger charge is -2.18. The fraction of sp³-hybridized carbons (Fsp3) is 0.167. The van der Waals surface area contributed by atoms with Crippen molar-refractivity contribution < 1.29 is 14.3 Å². The molecule has 1 N–H and O–H groups in total. The molecule has 0 aliphatic rings. The van der Waals surface area contributed by atoms with Crippen LogP contribution in [0.2, 0.25) is 0 Å². The quantitative estimate of drug-likeness (QED) is 0.668. The van der Waals surface area contributed by atoms with E-state index in [1.165, 1.54) is 0 Å². The van der Waals surface area contributed by atoms with Crippen molar-refractivity contribution in [1.29, 1.82) is 0 Å². The summed E-state index contributed by atoms with van der Waals surface area (Å²) < 4.78 is 5.31. The van der Waals surface area contributed by atoms with Crippen molar-refractivity contribution in [2.24, 2.45) is 0 Å². The van der Waals surface area contributed by atoms with Gasteiger partial charge >= 0.3 is 0 Å². The molecule has 2 amide bonds. The van der Waals surface area contributed by atoms with Gasteiger partial charge in [-0.25, -0.2) is 0 Å². The van der Waals surface area contributed by atoms with Gasteiger partial charge in [0.05, 0.1) is 7.11 Å². The number of amides is 2. The Morgan fingerprint density at radius 1 is 0.897 bits per heavy atom. The number of hydrogen-bond acceptors (Lipinski definition) is 3. The zero-order chi connectivity index (χ0) is 20.6. The molecule has 0 saturated heterocycles. The van der Waals surface area contributed by atoms with E-state index < -0.39 is 0 Å². The van der Waals surface area contributed by atoms with Crippen LogP contribution in [-0.2, 0) is 13.1 Å². The third kappa shape index (κ3) is 5.23. The fourth-order valence-corrected chi connectivity index (χ4v) is 3.07. The van der Waals surface area contributed by atoms with Crippen LogP contribution in [0.3, 0.4) is 0 Å². The highest BCUT2D eigenvalue weighted by Crippen LogP contribution is 2.17. The number of methoxy groups -OCH3 is 1. The highest BCUT2D eigenvalue weighted by atomic mass is 16.5. The standard InChI is InChI=1S/C24H24N2O3/c1-26(17-18-9-4-3-5-10-18)24(28)20-13-8-12-19(15-20)23(27)25-16-21-11-6-7-14-22(21)29-2/h3-15H,16-17H2,1-2H3,(H,25,27). The van der Waals surface area contributed by atoms with Crippen molar-refractivity contribution in [3.05, 3.63) is 101 Å². The molecule has 0 spiro atoms. The maximum absolute atomic E-state index is 12.8. The Hall–Kier alpha value is -3.60. The molecule has 0 unspecified atom stereocenters. The molecule has 3 rings (SSSR count). The number of ether oxygens (including phenoxy) is 1. The third-order valence-corrected chi connectivity index (χ3v) is 4.61. The normalized spacial score (nSPS) is 10.3. The van der Waals surface area contributed by atoms with Crippen LogP contribution in [-0.4, -0.2) is 30.9 Å². The summed E-state index contributed by atoms with van der Waals surface area (Å²) in [6.07, 6.45) is 0. The smallest absolute Gasteiger partial charge is 0.253 e. The highest BCUT2D eigenvalue weighted by Gasteiger charge is 2.15. The Labute approximate surface area is 170 Å². The molecule has 3 aromatic carbocycles. The summed E-state index contributed by atoms with van der Waals surface area (Å²) in [6, 6.07) is 24.1. The van der Waals surface area contributed by atoms with E-state index >= 15 is 0 Å². The molecule has 29 heavy (non-hydrogen) atoms. The van der Waals surface area contributed by atoms with Crippen molar-refractivity contribution in [2.75, 3.05) is 14.2 Å². The van der Waals surface area contributed by atoms with Gasteiger partial charge in [0.15, 0.2) is 0 Å². The van der Waals surface area contributed by atoms with Crippen LogP contribution in [0, 0.1) is 0 Å². The number of para-hydroxylation sites is 1. The van der Waals surface area contributed by atoms with Gasteiger partial charge in [-0.05, 0) is 29.8 Å². The Kier molecular flexibility index (Phi) is 6.63. The average Bonchev–Trinajstić information content (AvgIpc) is 2.77. The van der Waals surface area contributed by atoms with Gasteiger partial charge in [0.2, 0.25) is 0 Å². The lowest BCUT2D eigenvalue weighted by Crippen LogP contribution is -2.27. The molecule has 0 aliphatic heterocycles. The first-order valence-corrected chi connectivity index (χ1v) is 9.38. The Morgan fingerprint density at radius 3 is 2.34 bits per heavy atom. The number of benzene rings is 3. The second-order valence-corrected chi connectivity index (χ2v) is 6.72. The second-order valence-electron chi connectivity index (χ2n) is 6.72. The van der Waals surface area contributed by atoms with Gasteiger partial charge < -0.3 is 15.0 Å². The Morgan fingerprint density at radius 2 is 1.59 bits per heavy atom. The Balaban J connectivity index is 1.66. The van der Waals surface area contributed by atoms with Crippen molar-refractivity contribution in [3.8, 4) is 5.75 Å². The van der Waals surface area contributed by atoms with E-state index in [0.717, 1.165) is 16.9 Å². The van der Waals surface area contributed by atoms with E-state index in [4.69, 9.17) is 4.74 Å². The predicted octanol–water partition coefficient (Wildman–Crippen LogP) is 3.90. The number of hydrogen-bond donors (Lipinski definition) is 1. The lowest BCUT2D eigenvalue weighted by molar-refractivity contribution is 0.0785. The minimum absolute atomic E-state index is 0.131. The number of nitrogens with one attached hydrogen (secondary N) is 1. The van der Waals surface area contributed by atoms with E-state index in [1.54, 1.807) is 43.3 Å².